The van der Waals surface area contributed by atoms with Crippen molar-refractivity contribution in [2.75, 3.05) is 47.5 Å². The summed E-state index contributed by atoms with van der Waals surface area (Å²) >= 11 is 0. The number of quaternary nitrogens is 1. The van der Waals surface area contributed by atoms with Crippen LogP contribution in [-0.4, -0.2) is 70.0 Å². The van der Waals surface area contributed by atoms with Crippen LogP contribution in [0.2, 0.25) is 0 Å². The SMILES string of the molecule is CCCCCCCCCC/C=C/CCCCCC(=O)OC[C@H](COP(=O)([O-])OCC[N+](C)(C)C)OC(=O)CCCCCCCCCCCCCCCCCCCC. The Balaban J connectivity index is 4.29. The van der Waals surface area contributed by atoms with Gasteiger partial charge in [-0.15, -0.1) is 0 Å². The second kappa shape index (κ2) is 40.2. The topological polar surface area (TPSA) is 111 Å². The molecule has 0 heterocycles. The van der Waals surface area contributed by atoms with E-state index in [4.69, 9.17) is 18.5 Å². The fourth-order valence-corrected chi connectivity index (χ4v) is 7.50. The van der Waals surface area contributed by atoms with Gasteiger partial charge in [0.2, 0.25) is 0 Å². The molecule has 2 atom stereocenters. The smallest absolute Gasteiger partial charge is 0.306 e. The van der Waals surface area contributed by atoms with Crippen molar-refractivity contribution in [1.82, 2.24) is 0 Å². The average molecular weight is 830 g/mol. The number of ether oxygens (including phenoxy) is 2. The van der Waals surface area contributed by atoms with Gasteiger partial charge < -0.3 is 27.9 Å². The van der Waals surface area contributed by atoms with E-state index in [0.717, 1.165) is 38.5 Å². The fourth-order valence-electron chi connectivity index (χ4n) is 6.77. The van der Waals surface area contributed by atoms with Gasteiger partial charge in [-0.25, -0.2) is 0 Å². The molecule has 0 aliphatic rings. The van der Waals surface area contributed by atoms with Crippen LogP contribution in [0.15, 0.2) is 12.2 Å². The van der Waals surface area contributed by atoms with Gasteiger partial charge in [0.1, 0.15) is 19.8 Å². The summed E-state index contributed by atoms with van der Waals surface area (Å²) in [6.45, 7) is 4.25. The minimum atomic E-state index is -4.62. The molecule has 338 valence electrons. The van der Waals surface area contributed by atoms with Crippen molar-refractivity contribution < 1.29 is 42.1 Å². The second-order valence-corrected chi connectivity index (χ2v) is 18.9. The van der Waals surface area contributed by atoms with Crippen LogP contribution in [-0.2, 0) is 32.7 Å². The van der Waals surface area contributed by atoms with Crippen molar-refractivity contribution in [3.05, 3.63) is 12.2 Å². The number of hydrogen-bond donors (Lipinski definition) is 0. The average Bonchev–Trinajstić information content (AvgIpc) is 3.16. The number of nitrogens with zero attached hydrogens (tertiary/aromatic N) is 1. The summed E-state index contributed by atoms with van der Waals surface area (Å²) in [6.07, 6.45) is 42.4. The standard InChI is InChI=1S/C47H92NO8P/c1-6-8-10-12-14-16-18-20-22-23-24-26-28-30-32-34-36-38-40-47(50)56-45(44-55-57(51,52)54-42-41-48(3,4)5)43-53-46(49)39-37-35-33-31-29-27-25-21-19-17-15-13-11-9-7-2/h27,29,45H,6-26,28,30-44H2,1-5H3/b29-27+/t45-/m1/s1. The Hall–Kier alpha value is -1.25. The molecular formula is C47H92NO8P. The third-order valence-electron chi connectivity index (χ3n) is 10.5. The molecule has 0 radical (unpaired) electrons. The van der Waals surface area contributed by atoms with Gasteiger partial charge in [0.05, 0.1) is 27.7 Å². The van der Waals surface area contributed by atoms with Gasteiger partial charge in [-0.3, -0.25) is 14.2 Å². The first kappa shape index (κ1) is 55.8. The molecule has 0 spiro atoms. The number of phosphoric ester groups is 1. The number of carbonyl (C=O) groups excluding carboxylic acids is 2. The van der Waals surface area contributed by atoms with Crippen molar-refractivity contribution in [3.8, 4) is 0 Å². The normalized spacial score (nSPS) is 13.6. The lowest BCUT2D eigenvalue weighted by molar-refractivity contribution is -0.870. The number of esters is 2. The zero-order chi connectivity index (χ0) is 42.1. The Morgan fingerprint density at radius 2 is 0.895 bits per heavy atom. The number of hydrogen-bond acceptors (Lipinski definition) is 8. The van der Waals surface area contributed by atoms with Crippen LogP contribution in [0.5, 0.6) is 0 Å². The van der Waals surface area contributed by atoms with Gasteiger partial charge in [-0.05, 0) is 38.5 Å². The van der Waals surface area contributed by atoms with Crippen LogP contribution in [0.3, 0.4) is 0 Å². The summed E-state index contributed by atoms with van der Waals surface area (Å²) in [6, 6.07) is 0. The number of unbranched alkanes of at least 4 members (excludes halogenated alkanes) is 28. The molecule has 0 rings (SSSR count). The zero-order valence-electron chi connectivity index (χ0n) is 38.1. The van der Waals surface area contributed by atoms with Crippen LogP contribution in [0.1, 0.15) is 226 Å². The van der Waals surface area contributed by atoms with Crippen LogP contribution in [0.25, 0.3) is 0 Å². The van der Waals surface area contributed by atoms with E-state index >= 15 is 0 Å². The number of rotatable bonds is 44. The molecule has 0 aromatic heterocycles. The fraction of sp³-hybridized carbons (Fsp3) is 0.915. The van der Waals surface area contributed by atoms with Gasteiger partial charge >= 0.3 is 11.9 Å². The van der Waals surface area contributed by atoms with E-state index in [0.29, 0.717) is 23.9 Å². The summed E-state index contributed by atoms with van der Waals surface area (Å²) in [5.74, 6) is -0.840. The van der Waals surface area contributed by atoms with Crippen LogP contribution >= 0.6 is 7.82 Å². The van der Waals surface area contributed by atoms with Gasteiger partial charge in [-0.1, -0.05) is 187 Å². The van der Waals surface area contributed by atoms with E-state index in [1.54, 1.807) is 0 Å². The number of likely N-dealkylation sites (N-methyl/N-ethyl adjacent to an activating group) is 1. The zero-order valence-corrected chi connectivity index (χ0v) is 38.9. The molecular weight excluding hydrogens is 737 g/mol. The quantitative estimate of drug-likeness (QED) is 0.0196. The molecule has 0 saturated carbocycles. The Labute approximate surface area is 352 Å². The Bertz CT molecular complexity index is 985. The third kappa shape index (κ3) is 44.1. The maximum atomic E-state index is 12.7. The van der Waals surface area contributed by atoms with Crippen molar-refractivity contribution in [2.24, 2.45) is 0 Å². The maximum Gasteiger partial charge on any atom is 0.306 e. The highest BCUT2D eigenvalue weighted by molar-refractivity contribution is 7.45. The second-order valence-electron chi connectivity index (χ2n) is 17.5. The summed E-state index contributed by atoms with van der Waals surface area (Å²) in [5, 5.41) is 0. The monoisotopic (exact) mass is 830 g/mol. The van der Waals surface area contributed by atoms with E-state index in [9.17, 15) is 19.0 Å². The molecule has 0 aromatic rings. The highest BCUT2D eigenvalue weighted by Crippen LogP contribution is 2.38. The minimum absolute atomic E-state index is 0.0296. The largest absolute Gasteiger partial charge is 0.756 e. The lowest BCUT2D eigenvalue weighted by atomic mass is 10.0. The first-order chi connectivity index (χ1) is 27.5. The minimum Gasteiger partial charge on any atom is -0.756 e. The van der Waals surface area contributed by atoms with E-state index in [1.165, 1.54) is 148 Å². The van der Waals surface area contributed by atoms with E-state index in [-0.39, 0.29) is 26.1 Å². The van der Waals surface area contributed by atoms with Crippen LogP contribution < -0.4 is 4.89 Å². The number of phosphoric acid groups is 1. The molecule has 0 bridgehead atoms. The molecule has 0 N–H and O–H groups in total. The number of allylic oxidation sites excluding steroid dienone is 2. The first-order valence-electron chi connectivity index (χ1n) is 23.9. The number of carbonyl (C=O) groups is 2. The van der Waals surface area contributed by atoms with E-state index in [1.807, 2.05) is 21.1 Å². The van der Waals surface area contributed by atoms with Crippen molar-refractivity contribution in [1.29, 1.82) is 0 Å². The van der Waals surface area contributed by atoms with Crippen molar-refractivity contribution >= 4 is 19.8 Å². The first-order valence-corrected chi connectivity index (χ1v) is 25.4. The van der Waals surface area contributed by atoms with E-state index < -0.39 is 32.5 Å². The maximum absolute atomic E-state index is 12.7. The predicted octanol–water partition coefficient (Wildman–Crippen LogP) is 13.1. The van der Waals surface area contributed by atoms with Gasteiger partial charge in [0, 0.05) is 12.8 Å². The lowest BCUT2D eigenvalue weighted by Gasteiger charge is -2.28. The highest BCUT2D eigenvalue weighted by Gasteiger charge is 2.21. The Kier molecular flexibility index (Phi) is 39.3. The molecule has 9 nitrogen and oxygen atoms in total. The summed E-state index contributed by atoms with van der Waals surface area (Å²) in [7, 11) is 1.17. The highest BCUT2D eigenvalue weighted by atomic mass is 31.2. The van der Waals surface area contributed by atoms with Gasteiger partial charge in [0.25, 0.3) is 7.82 Å². The molecule has 1 unspecified atom stereocenters. The molecule has 0 fully saturated rings. The van der Waals surface area contributed by atoms with Gasteiger partial charge in [0.15, 0.2) is 6.10 Å². The molecule has 0 amide bonds. The lowest BCUT2D eigenvalue weighted by Crippen LogP contribution is -2.37. The third-order valence-corrected chi connectivity index (χ3v) is 11.5. The Morgan fingerprint density at radius 1 is 0.526 bits per heavy atom. The predicted molar refractivity (Wildman–Crippen MR) is 236 cm³/mol. The molecule has 0 aliphatic carbocycles. The van der Waals surface area contributed by atoms with Gasteiger partial charge in [-0.2, -0.15) is 0 Å². The summed E-state index contributed by atoms with van der Waals surface area (Å²) in [5.41, 5.74) is 0. The van der Waals surface area contributed by atoms with Crippen molar-refractivity contribution in [2.45, 2.75) is 232 Å². The van der Waals surface area contributed by atoms with E-state index in [2.05, 4.69) is 26.0 Å². The van der Waals surface area contributed by atoms with Crippen molar-refractivity contribution in [3.63, 3.8) is 0 Å². The molecule has 0 aromatic carbocycles. The molecule has 0 aliphatic heterocycles. The Morgan fingerprint density at radius 3 is 1.32 bits per heavy atom. The molecule has 57 heavy (non-hydrogen) atoms. The van der Waals surface area contributed by atoms with Crippen LogP contribution in [0, 0.1) is 0 Å². The summed E-state index contributed by atoms with van der Waals surface area (Å²) in [4.78, 5) is 37.6. The van der Waals surface area contributed by atoms with Crippen LogP contribution in [0.4, 0.5) is 0 Å². The summed E-state index contributed by atoms with van der Waals surface area (Å²) < 4.78 is 34.0. The molecule has 10 heteroatoms. The molecule has 0 saturated heterocycles.